The van der Waals surface area contributed by atoms with Gasteiger partial charge in [-0.2, -0.15) is 11.3 Å². The lowest BCUT2D eigenvalue weighted by molar-refractivity contribution is 0.101. The lowest BCUT2D eigenvalue weighted by atomic mass is 10.2. The molecule has 32 heavy (non-hydrogen) atoms. The summed E-state index contributed by atoms with van der Waals surface area (Å²) in [5.41, 5.74) is 4.29. The van der Waals surface area contributed by atoms with Crippen LogP contribution >= 0.6 is 11.3 Å². The molecule has 2 amide bonds. The summed E-state index contributed by atoms with van der Waals surface area (Å²) in [7, 11) is 0. The summed E-state index contributed by atoms with van der Waals surface area (Å²) in [6.45, 7) is 0. The SMILES string of the molecule is O=C(Nc1ccc(NC(=O)c2ccnc3nc(-c4ccsc4)[nH]c23)cc1)c1ccccc1. The van der Waals surface area contributed by atoms with Gasteiger partial charge in [-0.25, -0.2) is 9.97 Å². The number of pyridine rings is 1. The van der Waals surface area contributed by atoms with Gasteiger partial charge in [-0.15, -0.1) is 0 Å². The Morgan fingerprint density at radius 3 is 2.25 bits per heavy atom. The molecule has 8 heteroatoms. The summed E-state index contributed by atoms with van der Waals surface area (Å²) >= 11 is 1.57. The maximum absolute atomic E-state index is 12.9. The van der Waals surface area contributed by atoms with Gasteiger partial charge in [0.1, 0.15) is 5.82 Å². The van der Waals surface area contributed by atoms with Gasteiger partial charge in [-0.3, -0.25) is 9.59 Å². The maximum Gasteiger partial charge on any atom is 0.257 e. The van der Waals surface area contributed by atoms with E-state index in [4.69, 9.17) is 0 Å². The Hall–Kier alpha value is -4.30. The van der Waals surface area contributed by atoms with Crippen LogP contribution in [0.25, 0.3) is 22.6 Å². The first-order chi connectivity index (χ1) is 15.7. The highest BCUT2D eigenvalue weighted by molar-refractivity contribution is 7.08. The lowest BCUT2D eigenvalue weighted by Crippen LogP contribution is -2.13. The second-order valence-electron chi connectivity index (χ2n) is 7.01. The van der Waals surface area contributed by atoms with Crippen LogP contribution in [0.3, 0.4) is 0 Å². The van der Waals surface area contributed by atoms with E-state index in [1.165, 1.54) is 0 Å². The molecule has 0 unspecified atom stereocenters. The maximum atomic E-state index is 12.9. The molecule has 0 spiro atoms. The Labute approximate surface area is 187 Å². The zero-order valence-electron chi connectivity index (χ0n) is 16.7. The molecule has 0 bridgehead atoms. The van der Waals surface area contributed by atoms with Crippen LogP contribution in [-0.4, -0.2) is 26.8 Å². The number of nitrogens with zero attached hydrogens (tertiary/aromatic N) is 2. The number of rotatable bonds is 5. The molecule has 0 aliphatic rings. The third-order valence-electron chi connectivity index (χ3n) is 4.87. The van der Waals surface area contributed by atoms with Crippen molar-refractivity contribution >= 4 is 45.7 Å². The van der Waals surface area contributed by atoms with Gasteiger partial charge in [-0.05, 0) is 53.9 Å². The van der Waals surface area contributed by atoms with Crippen molar-refractivity contribution in [3.05, 3.63) is 94.8 Å². The van der Waals surface area contributed by atoms with E-state index in [-0.39, 0.29) is 11.8 Å². The number of thiophene rings is 1. The number of benzene rings is 2. The lowest BCUT2D eigenvalue weighted by Gasteiger charge is -2.08. The van der Waals surface area contributed by atoms with Gasteiger partial charge >= 0.3 is 0 Å². The molecular weight excluding hydrogens is 422 g/mol. The van der Waals surface area contributed by atoms with Crippen molar-refractivity contribution in [3.8, 4) is 11.4 Å². The van der Waals surface area contributed by atoms with Gasteiger partial charge in [0.05, 0.1) is 11.1 Å². The first-order valence-corrected chi connectivity index (χ1v) is 10.8. The molecule has 3 aromatic heterocycles. The molecule has 0 atom stereocenters. The van der Waals surface area contributed by atoms with Crippen LogP contribution in [0, 0.1) is 0 Å². The molecule has 5 rings (SSSR count). The van der Waals surface area contributed by atoms with Gasteiger partial charge < -0.3 is 15.6 Å². The molecule has 5 aromatic rings. The molecule has 0 radical (unpaired) electrons. The van der Waals surface area contributed by atoms with Gasteiger partial charge in [0.2, 0.25) is 0 Å². The van der Waals surface area contributed by atoms with E-state index in [0.29, 0.717) is 39.5 Å². The van der Waals surface area contributed by atoms with E-state index in [0.717, 1.165) is 5.56 Å². The first-order valence-electron chi connectivity index (χ1n) is 9.82. The number of imidazole rings is 1. The number of carbonyl (C=O) groups excluding carboxylic acids is 2. The van der Waals surface area contributed by atoms with E-state index < -0.39 is 0 Å². The Bertz CT molecular complexity index is 1390. The number of carbonyl (C=O) groups is 2. The third kappa shape index (κ3) is 3.99. The number of aromatic nitrogens is 3. The van der Waals surface area contributed by atoms with Crippen LogP contribution in [0.4, 0.5) is 11.4 Å². The fourth-order valence-corrected chi connectivity index (χ4v) is 3.90. The van der Waals surface area contributed by atoms with E-state index in [2.05, 4.69) is 25.6 Å². The number of hydrogen-bond donors (Lipinski definition) is 3. The van der Waals surface area contributed by atoms with Gasteiger partial charge in [0.15, 0.2) is 5.65 Å². The third-order valence-corrected chi connectivity index (χ3v) is 5.55. The van der Waals surface area contributed by atoms with Crippen molar-refractivity contribution < 1.29 is 9.59 Å². The number of aromatic amines is 1. The summed E-state index contributed by atoms with van der Waals surface area (Å²) in [6.07, 6.45) is 1.57. The van der Waals surface area contributed by atoms with E-state index in [9.17, 15) is 9.59 Å². The first kappa shape index (κ1) is 19.7. The highest BCUT2D eigenvalue weighted by Crippen LogP contribution is 2.24. The minimum atomic E-state index is -0.279. The molecular formula is C24H17N5O2S. The molecule has 3 heterocycles. The zero-order chi connectivity index (χ0) is 21.9. The number of anilines is 2. The van der Waals surface area contributed by atoms with E-state index in [1.54, 1.807) is 60.0 Å². The van der Waals surface area contributed by atoms with Crippen LogP contribution in [0.2, 0.25) is 0 Å². The number of fused-ring (bicyclic) bond motifs is 1. The van der Waals surface area contributed by atoms with Crippen LogP contribution in [0.15, 0.2) is 83.7 Å². The second-order valence-corrected chi connectivity index (χ2v) is 7.79. The summed E-state index contributed by atoms with van der Waals surface area (Å²) in [4.78, 5) is 37.2. The Balaban J connectivity index is 1.32. The molecule has 156 valence electrons. The van der Waals surface area contributed by atoms with Crippen molar-refractivity contribution in [1.29, 1.82) is 0 Å². The summed E-state index contributed by atoms with van der Waals surface area (Å²) in [5.74, 6) is 0.203. The number of nitrogens with one attached hydrogen (secondary N) is 3. The summed E-state index contributed by atoms with van der Waals surface area (Å²) in [6, 6.07) is 19.5. The van der Waals surface area contributed by atoms with Gasteiger partial charge in [0, 0.05) is 34.1 Å². The normalized spacial score (nSPS) is 10.8. The van der Waals surface area contributed by atoms with E-state index in [1.807, 2.05) is 35.0 Å². The smallest absolute Gasteiger partial charge is 0.257 e. The Kier molecular flexibility index (Phi) is 5.19. The van der Waals surface area contributed by atoms with Gasteiger partial charge in [0.25, 0.3) is 11.8 Å². The average Bonchev–Trinajstić information content (AvgIpc) is 3.50. The topological polar surface area (TPSA) is 99.8 Å². The second kappa shape index (κ2) is 8.44. The molecule has 0 saturated heterocycles. The number of amides is 2. The zero-order valence-corrected chi connectivity index (χ0v) is 17.5. The fourth-order valence-electron chi connectivity index (χ4n) is 3.26. The van der Waals surface area contributed by atoms with E-state index >= 15 is 0 Å². The minimum Gasteiger partial charge on any atom is -0.336 e. The Morgan fingerprint density at radius 2 is 1.56 bits per heavy atom. The average molecular weight is 440 g/mol. The summed E-state index contributed by atoms with van der Waals surface area (Å²) in [5, 5.41) is 9.67. The molecule has 0 aliphatic heterocycles. The van der Waals surface area contributed by atoms with Crippen molar-refractivity contribution in [3.63, 3.8) is 0 Å². The highest BCUT2D eigenvalue weighted by atomic mass is 32.1. The van der Waals surface area contributed by atoms with Crippen molar-refractivity contribution in [1.82, 2.24) is 15.0 Å². The number of H-pyrrole nitrogens is 1. The molecule has 0 aliphatic carbocycles. The fraction of sp³-hybridized carbons (Fsp3) is 0. The van der Waals surface area contributed by atoms with Crippen molar-refractivity contribution in [2.24, 2.45) is 0 Å². The molecule has 2 aromatic carbocycles. The van der Waals surface area contributed by atoms with Crippen molar-refractivity contribution in [2.75, 3.05) is 10.6 Å². The van der Waals surface area contributed by atoms with Crippen molar-refractivity contribution in [2.45, 2.75) is 0 Å². The van der Waals surface area contributed by atoms with Crippen LogP contribution in [0.1, 0.15) is 20.7 Å². The standard InChI is InChI=1S/C24H17N5O2S/c30-23(15-4-2-1-3-5-15)26-17-6-8-18(9-7-17)27-24(31)19-10-12-25-22-20(19)28-21(29-22)16-11-13-32-14-16/h1-14H,(H,26,30)(H,27,31)(H,25,28,29). The van der Waals surface area contributed by atoms with Gasteiger partial charge in [-0.1, -0.05) is 18.2 Å². The monoisotopic (exact) mass is 439 g/mol. The highest BCUT2D eigenvalue weighted by Gasteiger charge is 2.15. The molecule has 0 saturated carbocycles. The minimum absolute atomic E-state index is 0.192. The van der Waals surface area contributed by atoms with Crippen LogP contribution in [0.5, 0.6) is 0 Å². The predicted octanol–water partition coefficient (Wildman–Crippen LogP) is 5.19. The largest absolute Gasteiger partial charge is 0.336 e. The molecule has 7 nitrogen and oxygen atoms in total. The summed E-state index contributed by atoms with van der Waals surface area (Å²) < 4.78 is 0. The molecule has 3 N–H and O–H groups in total. The van der Waals surface area contributed by atoms with Crippen LogP contribution in [-0.2, 0) is 0 Å². The Morgan fingerprint density at radius 1 is 0.844 bits per heavy atom. The predicted molar refractivity (Wildman–Crippen MR) is 126 cm³/mol. The number of hydrogen-bond acceptors (Lipinski definition) is 5. The van der Waals surface area contributed by atoms with Crippen LogP contribution < -0.4 is 10.6 Å². The quantitative estimate of drug-likeness (QED) is 0.351. The molecule has 0 fully saturated rings.